The third-order valence-electron chi connectivity index (χ3n) is 2.98. The van der Waals surface area contributed by atoms with Crippen molar-refractivity contribution < 1.29 is 40.2 Å². The topological polar surface area (TPSA) is 160 Å². The molecule has 0 aromatic carbocycles. The molecule has 1 aliphatic heterocycles. The highest BCUT2D eigenvalue weighted by atomic mass is 16.6. The maximum atomic E-state index is 10.9. The highest BCUT2D eigenvalue weighted by molar-refractivity contribution is 5.74. The van der Waals surface area contributed by atoms with Gasteiger partial charge in [-0.2, -0.15) is 0 Å². The van der Waals surface area contributed by atoms with Crippen molar-refractivity contribution in [3.05, 3.63) is 0 Å². The van der Waals surface area contributed by atoms with Crippen LogP contribution in [0.15, 0.2) is 0 Å². The maximum Gasteiger partial charge on any atom is 0.323 e. The van der Waals surface area contributed by atoms with E-state index in [1.54, 1.807) is 0 Å². The van der Waals surface area contributed by atoms with Gasteiger partial charge in [0.25, 0.3) is 0 Å². The number of aliphatic carboxylic acids is 1. The fraction of sp³-hybridized carbons (Fsp3) is 0.900. The van der Waals surface area contributed by atoms with Crippen LogP contribution in [0.25, 0.3) is 0 Å². The summed E-state index contributed by atoms with van der Waals surface area (Å²) in [6.45, 7) is 0.616. The van der Waals surface area contributed by atoms with Gasteiger partial charge in [-0.3, -0.25) is 10.1 Å². The molecule has 0 aromatic heterocycles. The van der Waals surface area contributed by atoms with Crippen LogP contribution >= 0.6 is 0 Å². The van der Waals surface area contributed by atoms with Crippen LogP contribution in [0.5, 0.6) is 0 Å². The van der Waals surface area contributed by atoms with Crippen molar-refractivity contribution in [3.63, 3.8) is 0 Å². The van der Waals surface area contributed by atoms with Gasteiger partial charge in [-0.25, -0.2) is 0 Å². The van der Waals surface area contributed by atoms with E-state index in [2.05, 4.69) is 5.32 Å². The largest absolute Gasteiger partial charge is 0.480 e. The van der Waals surface area contributed by atoms with Crippen molar-refractivity contribution in [2.24, 2.45) is 0 Å². The lowest BCUT2D eigenvalue weighted by Gasteiger charge is -2.41. The number of ether oxygens (including phenoxy) is 1. The van der Waals surface area contributed by atoms with E-state index in [1.807, 2.05) is 0 Å². The molecule has 0 aliphatic carbocycles. The molecule has 1 saturated heterocycles. The molecule has 19 heavy (non-hydrogen) atoms. The van der Waals surface area contributed by atoms with E-state index in [0.29, 0.717) is 0 Å². The summed E-state index contributed by atoms with van der Waals surface area (Å²) >= 11 is 0. The van der Waals surface area contributed by atoms with E-state index in [0.717, 1.165) is 0 Å². The number of aliphatic hydroxyl groups is 5. The van der Waals surface area contributed by atoms with E-state index in [4.69, 9.17) is 14.9 Å². The number of carboxylic acids is 1. The Balaban J connectivity index is 2.78. The molecule has 112 valence electrons. The normalized spacial score (nSPS) is 38.7. The number of hydrogen-bond acceptors (Lipinski definition) is 8. The Morgan fingerprint density at radius 3 is 2.26 bits per heavy atom. The molecule has 7 atom stereocenters. The van der Waals surface area contributed by atoms with Gasteiger partial charge in [0.1, 0.15) is 36.7 Å². The zero-order chi connectivity index (χ0) is 14.7. The summed E-state index contributed by atoms with van der Waals surface area (Å²) < 4.78 is 5.07. The molecule has 1 heterocycles. The quantitative estimate of drug-likeness (QED) is 0.268. The summed E-state index contributed by atoms with van der Waals surface area (Å²) in [5.41, 5.74) is 0. The molecule has 0 saturated carbocycles. The maximum absolute atomic E-state index is 10.9. The molecular formula is C10H19NO8. The van der Waals surface area contributed by atoms with Crippen LogP contribution in [0, 0.1) is 0 Å². The second-order valence-electron chi connectivity index (χ2n) is 4.47. The average Bonchev–Trinajstić information content (AvgIpc) is 2.34. The van der Waals surface area contributed by atoms with Gasteiger partial charge in [0.05, 0.1) is 12.7 Å². The van der Waals surface area contributed by atoms with Crippen LogP contribution in [0.2, 0.25) is 0 Å². The first-order valence-corrected chi connectivity index (χ1v) is 5.77. The van der Waals surface area contributed by atoms with E-state index in [1.165, 1.54) is 6.92 Å². The average molecular weight is 281 g/mol. The molecule has 9 heteroatoms. The van der Waals surface area contributed by atoms with Gasteiger partial charge < -0.3 is 35.4 Å². The second-order valence-corrected chi connectivity index (χ2v) is 4.47. The van der Waals surface area contributed by atoms with Crippen molar-refractivity contribution in [1.82, 2.24) is 5.32 Å². The van der Waals surface area contributed by atoms with Crippen LogP contribution in [-0.2, 0) is 9.53 Å². The SMILES string of the molecule is C[C@@H](O)[C@H](NC1O[C@H](CO)[C@@H](O)[C@H](O)[C@@H]1O)C(=O)O. The van der Waals surface area contributed by atoms with Gasteiger partial charge in [-0.1, -0.05) is 0 Å². The number of rotatable bonds is 5. The zero-order valence-corrected chi connectivity index (χ0v) is 10.2. The second kappa shape index (κ2) is 6.57. The lowest BCUT2D eigenvalue weighted by atomic mass is 9.98. The monoisotopic (exact) mass is 281 g/mol. The molecule has 9 nitrogen and oxygen atoms in total. The van der Waals surface area contributed by atoms with E-state index in [-0.39, 0.29) is 0 Å². The molecule has 1 rings (SSSR count). The fourth-order valence-electron chi connectivity index (χ4n) is 1.83. The molecule has 0 aromatic rings. The molecule has 0 radical (unpaired) electrons. The molecule has 7 N–H and O–H groups in total. The van der Waals surface area contributed by atoms with Crippen LogP contribution in [0.3, 0.4) is 0 Å². The fourth-order valence-corrected chi connectivity index (χ4v) is 1.83. The van der Waals surface area contributed by atoms with Gasteiger partial charge in [0, 0.05) is 0 Å². The molecule has 1 unspecified atom stereocenters. The Bertz CT molecular complexity index is 310. The number of aliphatic hydroxyl groups excluding tert-OH is 5. The van der Waals surface area contributed by atoms with Crippen LogP contribution in [0.4, 0.5) is 0 Å². The van der Waals surface area contributed by atoms with E-state index in [9.17, 15) is 25.2 Å². The lowest BCUT2D eigenvalue weighted by molar-refractivity contribution is -0.239. The molecular weight excluding hydrogens is 262 g/mol. The van der Waals surface area contributed by atoms with Crippen molar-refractivity contribution >= 4 is 5.97 Å². The third-order valence-corrected chi connectivity index (χ3v) is 2.98. The van der Waals surface area contributed by atoms with E-state index < -0.39 is 55.4 Å². The van der Waals surface area contributed by atoms with Gasteiger partial charge in [0.2, 0.25) is 0 Å². The van der Waals surface area contributed by atoms with Gasteiger partial charge in [-0.15, -0.1) is 0 Å². The summed E-state index contributed by atoms with van der Waals surface area (Å²) in [4.78, 5) is 10.9. The Hall–Kier alpha value is -0.810. The standard InChI is InChI=1S/C10H19NO8/c1-3(13)5(10(17)18)11-9-8(16)7(15)6(14)4(2-12)19-9/h3-9,11-16H,2H2,1H3,(H,17,18)/t3-,4-,5+,6-,7+,8+,9?/m1/s1. The summed E-state index contributed by atoms with van der Waals surface area (Å²) in [5.74, 6) is -1.37. The van der Waals surface area contributed by atoms with Crippen molar-refractivity contribution in [2.45, 2.75) is 49.7 Å². The molecule has 0 spiro atoms. The minimum absolute atomic E-state index is 0.616. The molecule has 0 amide bonds. The number of carbonyl (C=O) groups is 1. The van der Waals surface area contributed by atoms with Crippen molar-refractivity contribution in [2.75, 3.05) is 6.61 Å². The molecule has 1 aliphatic rings. The molecule has 0 bridgehead atoms. The van der Waals surface area contributed by atoms with E-state index >= 15 is 0 Å². The Kier molecular flexibility index (Phi) is 5.62. The first kappa shape index (κ1) is 16.2. The summed E-state index contributed by atoms with van der Waals surface area (Å²) in [7, 11) is 0. The summed E-state index contributed by atoms with van der Waals surface area (Å²) in [5, 5.41) is 58.2. The van der Waals surface area contributed by atoms with Crippen LogP contribution in [-0.4, -0.2) is 86.0 Å². The minimum atomic E-state index is -1.60. The van der Waals surface area contributed by atoms with Crippen molar-refractivity contribution in [3.8, 4) is 0 Å². The van der Waals surface area contributed by atoms with Gasteiger partial charge >= 0.3 is 5.97 Å². The van der Waals surface area contributed by atoms with Crippen LogP contribution < -0.4 is 5.32 Å². The van der Waals surface area contributed by atoms with Crippen LogP contribution in [0.1, 0.15) is 6.92 Å². The number of nitrogens with one attached hydrogen (secondary N) is 1. The first-order valence-electron chi connectivity index (χ1n) is 5.77. The Morgan fingerprint density at radius 2 is 1.84 bits per heavy atom. The third kappa shape index (κ3) is 3.60. The number of carboxylic acid groups (broad SMARTS) is 1. The smallest absolute Gasteiger partial charge is 0.323 e. The Morgan fingerprint density at radius 1 is 1.26 bits per heavy atom. The highest BCUT2D eigenvalue weighted by Crippen LogP contribution is 2.20. The summed E-state index contributed by atoms with van der Waals surface area (Å²) in [6, 6.07) is -1.43. The first-order chi connectivity index (χ1) is 8.79. The van der Waals surface area contributed by atoms with Gasteiger partial charge in [-0.05, 0) is 6.92 Å². The highest BCUT2D eigenvalue weighted by Gasteiger charge is 2.44. The summed E-state index contributed by atoms with van der Waals surface area (Å²) in [6.07, 6.45) is -8.48. The lowest BCUT2D eigenvalue weighted by Crippen LogP contribution is -2.65. The Labute approximate surface area is 109 Å². The van der Waals surface area contributed by atoms with Crippen molar-refractivity contribution in [1.29, 1.82) is 0 Å². The number of hydrogen-bond donors (Lipinski definition) is 7. The van der Waals surface area contributed by atoms with Gasteiger partial charge in [0.15, 0.2) is 0 Å². The minimum Gasteiger partial charge on any atom is -0.480 e. The predicted octanol–water partition coefficient (Wildman–Crippen LogP) is -3.79. The molecule has 1 fully saturated rings. The zero-order valence-electron chi connectivity index (χ0n) is 10.2. The predicted molar refractivity (Wildman–Crippen MR) is 60.0 cm³/mol.